The minimum atomic E-state index is -0.115. The van der Waals surface area contributed by atoms with Crippen molar-refractivity contribution in [3.8, 4) is 0 Å². The fourth-order valence-electron chi connectivity index (χ4n) is 0.919. The Labute approximate surface area is 92.6 Å². The van der Waals surface area contributed by atoms with Crippen LogP contribution in [0.4, 0.5) is 0 Å². The van der Waals surface area contributed by atoms with Gasteiger partial charge in [-0.2, -0.15) is 0 Å². The molecule has 0 aliphatic carbocycles. The molecule has 0 saturated heterocycles. The minimum Gasteiger partial charge on any atom is -0.380 e. The first-order valence-corrected chi connectivity index (χ1v) is 5.32. The van der Waals surface area contributed by atoms with E-state index in [-0.39, 0.29) is 23.5 Å². The molecule has 0 aromatic carbocycles. The second-order valence-corrected chi connectivity index (χ2v) is 5.03. The van der Waals surface area contributed by atoms with Crippen molar-refractivity contribution in [1.82, 2.24) is 5.32 Å². The number of hydrogen-bond donors (Lipinski definition) is 2. The minimum absolute atomic E-state index is 0.0127. The Hall–Kier alpha value is -0.610. The highest BCUT2D eigenvalue weighted by atomic mass is 16.5. The summed E-state index contributed by atoms with van der Waals surface area (Å²) in [6, 6.07) is -0.115. The van der Waals surface area contributed by atoms with Crippen LogP contribution in [0.2, 0.25) is 0 Å². The van der Waals surface area contributed by atoms with Crippen LogP contribution in [0.5, 0.6) is 0 Å². The standard InChI is InChI=1S/C11H24N2O2/c1-8(15-5)7-13-10(14)6-9(12)11(2,3)4/h8-9H,6-7,12H2,1-5H3,(H,13,14). The number of carbonyl (C=O) groups excluding carboxylic acids is 1. The fourth-order valence-corrected chi connectivity index (χ4v) is 0.919. The van der Waals surface area contributed by atoms with Crippen molar-refractivity contribution in [3.05, 3.63) is 0 Å². The van der Waals surface area contributed by atoms with E-state index in [0.29, 0.717) is 13.0 Å². The maximum absolute atomic E-state index is 11.5. The van der Waals surface area contributed by atoms with Gasteiger partial charge in [0.2, 0.25) is 5.91 Å². The molecule has 0 aromatic rings. The molecular formula is C11H24N2O2. The number of nitrogens with two attached hydrogens (primary N) is 1. The molecule has 3 N–H and O–H groups in total. The molecular weight excluding hydrogens is 192 g/mol. The number of methoxy groups -OCH3 is 1. The molecule has 0 saturated carbocycles. The van der Waals surface area contributed by atoms with E-state index in [0.717, 1.165) is 0 Å². The van der Waals surface area contributed by atoms with Crippen LogP contribution >= 0.6 is 0 Å². The zero-order valence-corrected chi connectivity index (χ0v) is 10.5. The van der Waals surface area contributed by atoms with Gasteiger partial charge in [-0.3, -0.25) is 4.79 Å². The van der Waals surface area contributed by atoms with Crippen molar-refractivity contribution >= 4 is 5.91 Å². The van der Waals surface area contributed by atoms with Gasteiger partial charge in [0.05, 0.1) is 6.10 Å². The molecule has 0 aliphatic heterocycles. The van der Waals surface area contributed by atoms with E-state index >= 15 is 0 Å². The van der Waals surface area contributed by atoms with E-state index in [4.69, 9.17) is 10.5 Å². The Bertz CT molecular complexity index is 199. The highest BCUT2D eigenvalue weighted by Crippen LogP contribution is 2.19. The van der Waals surface area contributed by atoms with Crippen LogP contribution in [-0.2, 0) is 9.53 Å². The maximum atomic E-state index is 11.5. The van der Waals surface area contributed by atoms with Gasteiger partial charge in [-0.05, 0) is 12.3 Å². The first-order valence-electron chi connectivity index (χ1n) is 5.32. The molecule has 0 radical (unpaired) electrons. The van der Waals surface area contributed by atoms with Crippen molar-refractivity contribution in [2.75, 3.05) is 13.7 Å². The Morgan fingerprint density at radius 2 is 2.00 bits per heavy atom. The quantitative estimate of drug-likeness (QED) is 0.717. The van der Waals surface area contributed by atoms with Gasteiger partial charge in [-0.25, -0.2) is 0 Å². The molecule has 2 atom stereocenters. The second kappa shape index (κ2) is 6.08. The molecule has 4 nitrogen and oxygen atoms in total. The van der Waals surface area contributed by atoms with E-state index in [1.807, 2.05) is 27.7 Å². The van der Waals surface area contributed by atoms with Crippen LogP contribution in [0.25, 0.3) is 0 Å². The van der Waals surface area contributed by atoms with Gasteiger partial charge in [0.1, 0.15) is 0 Å². The summed E-state index contributed by atoms with van der Waals surface area (Å²) in [5.41, 5.74) is 5.86. The van der Waals surface area contributed by atoms with Crippen LogP contribution in [0.15, 0.2) is 0 Å². The summed E-state index contributed by atoms with van der Waals surface area (Å²) in [4.78, 5) is 11.5. The third-order valence-corrected chi connectivity index (χ3v) is 2.51. The lowest BCUT2D eigenvalue weighted by molar-refractivity contribution is -0.122. The largest absolute Gasteiger partial charge is 0.380 e. The average molecular weight is 216 g/mol. The lowest BCUT2D eigenvalue weighted by Crippen LogP contribution is -2.41. The smallest absolute Gasteiger partial charge is 0.221 e. The van der Waals surface area contributed by atoms with Crippen LogP contribution < -0.4 is 11.1 Å². The van der Waals surface area contributed by atoms with Gasteiger partial charge in [0.15, 0.2) is 0 Å². The Morgan fingerprint density at radius 1 is 1.47 bits per heavy atom. The van der Waals surface area contributed by atoms with Gasteiger partial charge >= 0.3 is 0 Å². The summed E-state index contributed by atoms with van der Waals surface area (Å²) in [7, 11) is 1.62. The van der Waals surface area contributed by atoms with Crippen LogP contribution in [-0.4, -0.2) is 31.7 Å². The molecule has 0 heterocycles. The third kappa shape index (κ3) is 6.47. The topological polar surface area (TPSA) is 64.3 Å². The SMILES string of the molecule is COC(C)CNC(=O)CC(N)C(C)(C)C. The lowest BCUT2D eigenvalue weighted by Gasteiger charge is -2.26. The molecule has 0 aliphatic rings. The summed E-state index contributed by atoms with van der Waals surface area (Å²) in [5, 5.41) is 2.79. The predicted octanol–water partition coefficient (Wildman–Crippen LogP) is 0.901. The summed E-state index contributed by atoms with van der Waals surface area (Å²) < 4.78 is 5.03. The van der Waals surface area contributed by atoms with E-state index in [1.165, 1.54) is 0 Å². The molecule has 90 valence electrons. The molecule has 1 amide bonds. The molecule has 4 heteroatoms. The summed E-state index contributed by atoms with van der Waals surface area (Å²) in [5.74, 6) is -0.0127. The first-order chi connectivity index (χ1) is 6.77. The van der Waals surface area contributed by atoms with Crippen molar-refractivity contribution in [1.29, 1.82) is 0 Å². The van der Waals surface area contributed by atoms with E-state index < -0.39 is 0 Å². The third-order valence-electron chi connectivity index (χ3n) is 2.51. The van der Waals surface area contributed by atoms with Gasteiger partial charge in [0.25, 0.3) is 0 Å². The van der Waals surface area contributed by atoms with Gasteiger partial charge in [0, 0.05) is 26.1 Å². The normalized spacial score (nSPS) is 15.9. The predicted molar refractivity (Wildman–Crippen MR) is 61.5 cm³/mol. The molecule has 15 heavy (non-hydrogen) atoms. The van der Waals surface area contributed by atoms with Gasteiger partial charge in [-0.15, -0.1) is 0 Å². The van der Waals surface area contributed by atoms with Gasteiger partial charge in [-0.1, -0.05) is 20.8 Å². The van der Waals surface area contributed by atoms with Crippen LogP contribution in [0.3, 0.4) is 0 Å². The molecule has 0 rings (SSSR count). The lowest BCUT2D eigenvalue weighted by atomic mass is 9.85. The summed E-state index contributed by atoms with van der Waals surface area (Å²) in [6.07, 6.45) is 0.403. The van der Waals surface area contributed by atoms with E-state index in [1.54, 1.807) is 7.11 Å². The van der Waals surface area contributed by atoms with Crippen molar-refractivity contribution in [3.63, 3.8) is 0 Å². The molecule has 0 aromatic heterocycles. The molecule has 0 bridgehead atoms. The van der Waals surface area contributed by atoms with Crippen molar-refractivity contribution in [2.24, 2.45) is 11.1 Å². The Morgan fingerprint density at radius 3 is 2.40 bits per heavy atom. The van der Waals surface area contributed by atoms with Crippen molar-refractivity contribution in [2.45, 2.75) is 46.3 Å². The van der Waals surface area contributed by atoms with Crippen LogP contribution in [0, 0.1) is 5.41 Å². The van der Waals surface area contributed by atoms with E-state index in [9.17, 15) is 4.79 Å². The zero-order valence-electron chi connectivity index (χ0n) is 10.5. The fraction of sp³-hybridized carbons (Fsp3) is 0.909. The number of ether oxygens (including phenoxy) is 1. The second-order valence-electron chi connectivity index (χ2n) is 5.03. The van der Waals surface area contributed by atoms with Crippen LogP contribution in [0.1, 0.15) is 34.1 Å². The van der Waals surface area contributed by atoms with E-state index in [2.05, 4.69) is 5.32 Å². The highest BCUT2D eigenvalue weighted by Gasteiger charge is 2.23. The summed E-state index contributed by atoms with van der Waals surface area (Å²) >= 11 is 0. The Balaban J connectivity index is 3.84. The monoisotopic (exact) mass is 216 g/mol. The van der Waals surface area contributed by atoms with Crippen molar-refractivity contribution < 1.29 is 9.53 Å². The molecule has 2 unspecified atom stereocenters. The number of nitrogens with one attached hydrogen (secondary N) is 1. The zero-order chi connectivity index (χ0) is 12.1. The summed E-state index contributed by atoms with van der Waals surface area (Å²) in [6.45, 7) is 8.53. The highest BCUT2D eigenvalue weighted by molar-refractivity contribution is 5.76. The maximum Gasteiger partial charge on any atom is 0.221 e. The number of amides is 1. The Kier molecular flexibility index (Phi) is 5.83. The number of carbonyl (C=O) groups is 1. The average Bonchev–Trinajstić information content (AvgIpc) is 2.12. The number of rotatable bonds is 5. The molecule has 0 fully saturated rings. The van der Waals surface area contributed by atoms with Gasteiger partial charge < -0.3 is 15.8 Å². The first kappa shape index (κ1) is 14.4. The molecule has 0 spiro atoms. The number of hydrogen-bond acceptors (Lipinski definition) is 3.